The molecule has 41 heavy (non-hydrogen) atoms. The Labute approximate surface area is 243 Å². The molecule has 0 atom stereocenters. The molecule has 0 aromatic heterocycles. The SMILES string of the molecule is COc1cccc(/C=C(\NC(=O)c2ccccc2)C(=O)Nc2ccc(C(=O)/C=C/c3ccccc3Cl)cc2)c1OC. The molecule has 4 aromatic rings. The van der Waals surface area contributed by atoms with Crippen molar-refractivity contribution in [1.29, 1.82) is 0 Å². The zero-order valence-corrected chi connectivity index (χ0v) is 23.1. The van der Waals surface area contributed by atoms with Crippen molar-refractivity contribution in [3.05, 3.63) is 136 Å². The minimum absolute atomic E-state index is 0.0202. The summed E-state index contributed by atoms with van der Waals surface area (Å²) in [6, 6.07) is 27.4. The normalized spacial score (nSPS) is 11.1. The Kier molecular flexibility index (Phi) is 9.70. The van der Waals surface area contributed by atoms with Gasteiger partial charge in [0.05, 0.1) is 14.2 Å². The standard InChI is InChI=1S/C33H27ClN2O5/c1-40-30-14-8-12-25(31(30)41-2)21-28(36-32(38)24-10-4-3-5-11-24)33(39)35-26-18-15-23(16-19-26)29(37)20-17-22-9-6-7-13-27(22)34/h3-21H,1-2H3,(H,35,39)(H,36,38)/b20-17+,28-21-. The molecule has 0 aliphatic rings. The zero-order valence-electron chi connectivity index (χ0n) is 22.4. The largest absolute Gasteiger partial charge is 0.493 e. The fourth-order valence-corrected chi connectivity index (χ4v) is 4.11. The summed E-state index contributed by atoms with van der Waals surface area (Å²) in [6.07, 6.45) is 4.60. The maximum Gasteiger partial charge on any atom is 0.272 e. The molecule has 0 aliphatic heterocycles. The first kappa shape index (κ1) is 28.9. The van der Waals surface area contributed by atoms with Crippen molar-refractivity contribution >= 4 is 47.0 Å². The van der Waals surface area contributed by atoms with Gasteiger partial charge in [-0.1, -0.05) is 60.1 Å². The Hall–Kier alpha value is -5.14. The molecular weight excluding hydrogens is 540 g/mol. The summed E-state index contributed by atoms with van der Waals surface area (Å²) in [5.41, 5.74) is 2.48. The van der Waals surface area contributed by atoms with Gasteiger partial charge in [-0.25, -0.2) is 0 Å². The predicted octanol–water partition coefficient (Wildman–Crippen LogP) is 6.66. The highest BCUT2D eigenvalue weighted by Gasteiger charge is 2.17. The molecule has 2 N–H and O–H groups in total. The third-order valence-electron chi connectivity index (χ3n) is 6.01. The van der Waals surface area contributed by atoms with Gasteiger partial charge < -0.3 is 20.1 Å². The molecule has 0 spiro atoms. The first-order valence-corrected chi connectivity index (χ1v) is 12.9. The van der Waals surface area contributed by atoms with Crippen LogP contribution in [0, 0.1) is 0 Å². The molecule has 4 rings (SSSR count). The highest BCUT2D eigenvalue weighted by atomic mass is 35.5. The van der Waals surface area contributed by atoms with Gasteiger partial charge in [0.2, 0.25) is 0 Å². The molecule has 206 valence electrons. The summed E-state index contributed by atoms with van der Waals surface area (Å²) in [4.78, 5) is 39.0. The Bertz CT molecular complexity index is 1610. The van der Waals surface area contributed by atoms with E-state index in [1.807, 2.05) is 18.2 Å². The summed E-state index contributed by atoms with van der Waals surface area (Å²) >= 11 is 6.15. The summed E-state index contributed by atoms with van der Waals surface area (Å²) < 4.78 is 10.8. The quantitative estimate of drug-likeness (QED) is 0.165. The Morgan fingerprint density at radius 1 is 0.732 bits per heavy atom. The van der Waals surface area contributed by atoms with Crippen molar-refractivity contribution in [2.24, 2.45) is 0 Å². The van der Waals surface area contributed by atoms with Crippen LogP contribution in [0.2, 0.25) is 5.02 Å². The van der Waals surface area contributed by atoms with E-state index in [-0.39, 0.29) is 11.5 Å². The number of ether oxygens (including phenoxy) is 2. The lowest BCUT2D eigenvalue weighted by Crippen LogP contribution is -2.30. The molecule has 2 amide bonds. The number of benzene rings is 4. The van der Waals surface area contributed by atoms with E-state index < -0.39 is 11.8 Å². The number of rotatable bonds is 10. The van der Waals surface area contributed by atoms with Gasteiger partial charge in [-0.05, 0) is 72.3 Å². The predicted molar refractivity (Wildman–Crippen MR) is 161 cm³/mol. The van der Waals surface area contributed by atoms with Crippen LogP contribution < -0.4 is 20.1 Å². The van der Waals surface area contributed by atoms with Crippen molar-refractivity contribution in [3.8, 4) is 11.5 Å². The molecule has 8 heteroatoms. The third kappa shape index (κ3) is 7.50. The second kappa shape index (κ2) is 13.8. The first-order valence-electron chi connectivity index (χ1n) is 12.6. The molecule has 0 heterocycles. The smallest absolute Gasteiger partial charge is 0.272 e. The molecule has 0 saturated carbocycles. The van der Waals surface area contributed by atoms with E-state index >= 15 is 0 Å². The first-order chi connectivity index (χ1) is 19.9. The van der Waals surface area contributed by atoms with Crippen molar-refractivity contribution in [3.63, 3.8) is 0 Å². The summed E-state index contributed by atoms with van der Waals surface area (Å²) in [5.74, 6) is -0.373. The lowest BCUT2D eigenvalue weighted by Gasteiger charge is -2.14. The highest BCUT2D eigenvalue weighted by Crippen LogP contribution is 2.32. The maximum atomic E-state index is 13.4. The molecule has 0 saturated heterocycles. The number of amides is 2. The molecule has 0 radical (unpaired) electrons. The monoisotopic (exact) mass is 566 g/mol. The van der Waals surface area contributed by atoms with Crippen LogP contribution in [-0.4, -0.2) is 31.8 Å². The maximum absolute atomic E-state index is 13.4. The lowest BCUT2D eigenvalue weighted by molar-refractivity contribution is -0.113. The fourth-order valence-electron chi connectivity index (χ4n) is 3.91. The minimum Gasteiger partial charge on any atom is -0.493 e. The molecule has 7 nitrogen and oxygen atoms in total. The number of ketones is 1. The van der Waals surface area contributed by atoms with Crippen LogP contribution in [0.1, 0.15) is 31.8 Å². The molecular formula is C33H27ClN2O5. The fraction of sp³-hybridized carbons (Fsp3) is 0.0606. The number of hydrogen-bond acceptors (Lipinski definition) is 5. The molecule has 0 aliphatic carbocycles. The van der Waals surface area contributed by atoms with Crippen LogP contribution in [-0.2, 0) is 4.79 Å². The summed E-state index contributed by atoms with van der Waals surface area (Å²) in [6.45, 7) is 0. The van der Waals surface area contributed by atoms with E-state index in [2.05, 4.69) is 10.6 Å². The van der Waals surface area contributed by atoms with E-state index in [1.54, 1.807) is 84.9 Å². The number of nitrogens with one attached hydrogen (secondary N) is 2. The summed E-state index contributed by atoms with van der Waals surface area (Å²) in [7, 11) is 3.00. The Balaban J connectivity index is 1.56. The van der Waals surface area contributed by atoms with Crippen LogP contribution in [0.3, 0.4) is 0 Å². The number of allylic oxidation sites excluding steroid dienone is 1. The van der Waals surface area contributed by atoms with Crippen molar-refractivity contribution < 1.29 is 23.9 Å². The summed E-state index contributed by atoms with van der Waals surface area (Å²) in [5, 5.41) is 6.02. The average Bonchev–Trinajstić information content (AvgIpc) is 3.00. The van der Waals surface area contributed by atoms with Gasteiger partial charge in [-0.15, -0.1) is 0 Å². The van der Waals surface area contributed by atoms with E-state index in [0.717, 1.165) is 5.56 Å². The Morgan fingerprint density at radius 2 is 1.41 bits per heavy atom. The van der Waals surface area contributed by atoms with Crippen LogP contribution in [0.4, 0.5) is 5.69 Å². The number of carbonyl (C=O) groups excluding carboxylic acids is 3. The average molecular weight is 567 g/mol. The molecule has 0 bridgehead atoms. The van der Waals surface area contributed by atoms with Crippen molar-refractivity contribution in [1.82, 2.24) is 5.32 Å². The van der Waals surface area contributed by atoms with Gasteiger partial charge in [0.1, 0.15) is 5.70 Å². The molecule has 0 fully saturated rings. The number of carbonyl (C=O) groups is 3. The van der Waals surface area contributed by atoms with Crippen LogP contribution >= 0.6 is 11.6 Å². The Morgan fingerprint density at radius 3 is 2.10 bits per heavy atom. The van der Waals surface area contributed by atoms with Gasteiger partial charge in [0, 0.05) is 27.4 Å². The van der Waals surface area contributed by atoms with Crippen LogP contribution in [0.5, 0.6) is 11.5 Å². The van der Waals surface area contributed by atoms with Gasteiger partial charge in [0.25, 0.3) is 11.8 Å². The van der Waals surface area contributed by atoms with Gasteiger partial charge in [0.15, 0.2) is 17.3 Å². The zero-order chi connectivity index (χ0) is 29.2. The van der Waals surface area contributed by atoms with Crippen LogP contribution in [0.25, 0.3) is 12.2 Å². The molecule has 0 unspecified atom stereocenters. The number of hydrogen-bond donors (Lipinski definition) is 2. The van der Waals surface area contributed by atoms with Crippen molar-refractivity contribution in [2.45, 2.75) is 0 Å². The van der Waals surface area contributed by atoms with Crippen LogP contribution in [0.15, 0.2) is 109 Å². The van der Waals surface area contributed by atoms with Gasteiger partial charge in [-0.3, -0.25) is 14.4 Å². The number of methoxy groups -OCH3 is 2. The van der Waals surface area contributed by atoms with E-state index in [4.69, 9.17) is 21.1 Å². The second-order valence-electron chi connectivity index (χ2n) is 8.71. The minimum atomic E-state index is -0.572. The van der Waals surface area contributed by atoms with Gasteiger partial charge in [-0.2, -0.15) is 0 Å². The second-order valence-corrected chi connectivity index (χ2v) is 9.12. The molecule has 4 aromatic carbocycles. The number of halogens is 1. The van der Waals surface area contributed by atoms with Crippen molar-refractivity contribution in [2.75, 3.05) is 19.5 Å². The number of anilines is 1. The lowest BCUT2D eigenvalue weighted by atomic mass is 10.1. The number of para-hydroxylation sites is 1. The third-order valence-corrected chi connectivity index (χ3v) is 6.35. The van der Waals surface area contributed by atoms with E-state index in [1.165, 1.54) is 26.4 Å². The van der Waals surface area contributed by atoms with Gasteiger partial charge >= 0.3 is 0 Å². The topological polar surface area (TPSA) is 93.7 Å². The highest BCUT2D eigenvalue weighted by molar-refractivity contribution is 6.32. The van der Waals surface area contributed by atoms with E-state index in [9.17, 15) is 14.4 Å². The van der Waals surface area contributed by atoms with E-state index in [0.29, 0.717) is 38.9 Å².